The lowest BCUT2D eigenvalue weighted by atomic mass is 10.1. The Balaban J connectivity index is 1.63. The second-order valence-corrected chi connectivity index (χ2v) is 6.06. The monoisotopic (exact) mass is 333 g/mol. The summed E-state index contributed by atoms with van der Waals surface area (Å²) in [6.45, 7) is 1.85. The molecule has 1 atom stereocenters. The highest BCUT2D eigenvalue weighted by Crippen LogP contribution is 2.28. The Bertz CT molecular complexity index is 1070. The Morgan fingerprint density at radius 1 is 1.00 bits per heavy atom. The quantitative estimate of drug-likeness (QED) is 0.559. The molecular formula is C21H16FNO2. The molecule has 4 aromatic rings. The summed E-state index contributed by atoms with van der Waals surface area (Å²) >= 11 is 0. The van der Waals surface area contributed by atoms with E-state index in [4.69, 9.17) is 4.42 Å². The van der Waals surface area contributed by atoms with E-state index < -0.39 is 0 Å². The van der Waals surface area contributed by atoms with Gasteiger partial charge in [0.25, 0.3) is 5.91 Å². The van der Waals surface area contributed by atoms with Crippen molar-refractivity contribution in [1.29, 1.82) is 0 Å². The van der Waals surface area contributed by atoms with E-state index in [0.717, 1.165) is 21.7 Å². The summed E-state index contributed by atoms with van der Waals surface area (Å²) in [6.07, 6.45) is 0. The van der Waals surface area contributed by atoms with Gasteiger partial charge in [-0.2, -0.15) is 0 Å². The molecule has 1 aromatic heterocycles. The molecule has 1 heterocycles. The van der Waals surface area contributed by atoms with Crippen molar-refractivity contribution < 1.29 is 13.6 Å². The smallest absolute Gasteiger partial charge is 0.287 e. The van der Waals surface area contributed by atoms with Gasteiger partial charge in [0, 0.05) is 5.39 Å². The van der Waals surface area contributed by atoms with Gasteiger partial charge in [-0.25, -0.2) is 4.39 Å². The molecule has 1 N–H and O–H groups in total. The van der Waals surface area contributed by atoms with Crippen molar-refractivity contribution in [3.8, 4) is 0 Å². The van der Waals surface area contributed by atoms with Gasteiger partial charge in [0.15, 0.2) is 5.76 Å². The summed E-state index contributed by atoms with van der Waals surface area (Å²) in [7, 11) is 0. The van der Waals surface area contributed by atoms with Crippen molar-refractivity contribution >= 4 is 27.6 Å². The number of hydrogen-bond acceptors (Lipinski definition) is 2. The number of benzene rings is 3. The molecule has 0 saturated heterocycles. The van der Waals surface area contributed by atoms with E-state index in [0.29, 0.717) is 5.58 Å². The van der Waals surface area contributed by atoms with Crippen LogP contribution in [0.5, 0.6) is 0 Å². The first-order chi connectivity index (χ1) is 12.1. The SMILES string of the molecule is C[C@H](NC(=O)c1cc2c(ccc3ccccc32)o1)c1ccc(F)cc1. The van der Waals surface area contributed by atoms with Gasteiger partial charge in [-0.15, -0.1) is 0 Å². The lowest BCUT2D eigenvalue weighted by Crippen LogP contribution is -2.26. The lowest BCUT2D eigenvalue weighted by Gasteiger charge is -2.13. The zero-order valence-corrected chi connectivity index (χ0v) is 13.6. The number of hydrogen-bond donors (Lipinski definition) is 1. The van der Waals surface area contributed by atoms with Gasteiger partial charge in [-0.1, -0.05) is 42.5 Å². The van der Waals surface area contributed by atoms with Crippen LogP contribution in [0.2, 0.25) is 0 Å². The Labute approximate surface area is 144 Å². The van der Waals surface area contributed by atoms with Crippen LogP contribution in [-0.2, 0) is 0 Å². The van der Waals surface area contributed by atoms with Crippen LogP contribution in [0.25, 0.3) is 21.7 Å². The maximum Gasteiger partial charge on any atom is 0.287 e. The first-order valence-electron chi connectivity index (χ1n) is 8.09. The van der Waals surface area contributed by atoms with E-state index in [-0.39, 0.29) is 23.5 Å². The average Bonchev–Trinajstić information content (AvgIpc) is 3.07. The number of fused-ring (bicyclic) bond motifs is 3. The summed E-state index contributed by atoms with van der Waals surface area (Å²) in [5, 5.41) is 5.95. The van der Waals surface area contributed by atoms with Gasteiger partial charge in [0.2, 0.25) is 0 Å². The van der Waals surface area contributed by atoms with Gasteiger partial charge < -0.3 is 9.73 Å². The lowest BCUT2D eigenvalue weighted by molar-refractivity contribution is 0.0914. The molecule has 0 saturated carbocycles. The normalized spacial score (nSPS) is 12.4. The van der Waals surface area contributed by atoms with E-state index in [1.807, 2.05) is 43.3 Å². The van der Waals surface area contributed by atoms with E-state index in [1.165, 1.54) is 12.1 Å². The van der Waals surface area contributed by atoms with Crippen LogP contribution in [0.15, 0.2) is 71.1 Å². The van der Waals surface area contributed by atoms with Crippen LogP contribution >= 0.6 is 0 Å². The van der Waals surface area contributed by atoms with E-state index in [2.05, 4.69) is 5.32 Å². The Morgan fingerprint density at radius 2 is 1.76 bits per heavy atom. The third-order valence-corrected chi connectivity index (χ3v) is 4.37. The van der Waals surface area contributed by atoms with E-state index >= 15 is 0 Å². The van der Waals surface area contributed by atoms with E-state index in [1.54, 1.807) is 18.2 Å². The van der Waals surface area contributed by atoms with Crippen molar-refractivity contribution in [2.45, 2.75) is 13.0 Å². The maximum atomic E-state index is 13.0. The molecule has 3 aromatic carbocycles. The predicted molar refractivity (Wildman–Crippen MR) is 96.0 cm³/mol. The zero-order chi connectivity index (χ0) is 17.4. The number of halogens is 1. The third kappa shape index (κ3) is 2.87. The average molecular weight is 333 g/mol. The van der Waals surface area contributed by atoms with Crippen molar-refractivity contribution in [2.24, 2.45) is 0 Å². The first-order valence-corrected chi connectivity index (χ1v) is 8.09. The summed E-state index contributed by atoms with van der Waals surface area (Å²) in [6, 6.07) is 19.4. The largest absolute Gasteiger partial charge is 0.451 e. The van der Waals surface area contributed by atoms with Crippen molar-refractivity contribution in [2.75, 3.05) is 0 Å². The molecule has 124 valence electrons. The Hall–Kier alpha value is -3.14. The summed E-state index contributed by atoms with van der Waals surface area (Å²) in [4.78, 5) is 12.5. The maximum absolute atomic E-state index is 13.0. The second kappa shape index (κ2) is 6.06. The summed E-state index contributed by atoms with van der Waals surface area (Å²) < 4.78 is 18.7. The van der Waals surface area contributed by atoms with Crippen molar-refractivity contribution in [1.82, 2.24) is 5.32 Å². The predicted octanol–water partition coefficient (Wildman–Crippen LogP) is 5.22. The molecule has 4 rings (SSSR count). The minimum Gasteiger partial charge on any atom is -0.451 e. The molecule has 0 bridgehead atoms. The molecule has 1 amide bonds. The fraction of sp³-hybridized carbons (Fsp3) is 0.0952. The Morgan fingerprint density at radius 3 is 2.56 bits per heavy atom. The zero-order valence-electron chi connectivity index (χ0n) is 13.6. The highest BCUT2D eigenvalue weighted by molar-refractivity contribution is 6.08. The number of nitrogens with one attached hydrogen (secondary N) is 1. The van der Waals surface area contributed by atoms with Gasteiger partial charge >= 0.3 is 0 Å². The molecule has 0 aliphatic heterocycles. The molecule has 25 heavy (non-hydrogen) atoms. The highest BCUT2D eigenvalue weighted by Gasteiger charge is 2.16. The minimum atomic E-state index is -0.300. The molecule has 4 heteroatoms. The molecule has 0 radical (unpaired) electrons. The number of carbonyl (C=O) groups is 1. The molecule has 0 unspecified atom stereocenters. The van der Waals surface area contributed by atoms with Crippen molar-refractivity contribution in [3.63, 3.8) is 0 Å². The summed E-state index contributed by atoms with van der Waals surface area (Å²) in [5.41, 5.74) is 1.51. The van der Waals surface area contributed by atoms with Gasteiger partial charge in [0.05, 0.1) is 6.04 Å². The van der Waals surface area contributed by atoms with Gasteiger partial charge in [0.1, 0.15) is 11.4 Å². The highest BCUT2D eigenvalue weighted by atomic mass is 19.1. The third-order valence-electron chi connectivity index (χ3n) is 4.37. The first kappa shape index (κ1) is 15.4. The fourth-order valence-electron chi connectivity index (χ4n) is 3.01. The minimum absolute atomic E-state index is 0.252. The van der Waals surface area contributed by atoms with Crippen LogP contribution in [-0.4, -0.2) is 5.91 Å². The van der Waals surface area contributed by atoms with Crippen LogP contribution < -0.4 is 5.32 Å². The molecule has 3 nitrogen and oxygen atoms in total. The van der Waals surface area contributed by atoms with Crippen LogP contribution in [0.4, 0.5) is 4.39 Å². The van der Waals surface area contributed by atoms with Crippen LogP contribution in [0.1, 0.15) is 29.1 Å². The number of furan rings is 1. The number of carbonyl (C=O) groups excluding carboxylic acids is 1. The standard InChI is InChI=1S/C21H16FNO2/c1-13(14-6-9-16(22)10-7-14)23-21(24)20-12-18-17-5-3-2-4-15(17)8-11-19(18)25-20/h2-13H,1H3,(H,23,24)/t13-/m0/s1. The Kier molecular flexibility index (Phi) is 3.73. The molecule has 0 spiro atoms. The van der Waals surface area contributed by atoms with Crippen LogP contribution in [0, 0.1) is 5.82 Å². The summed E-state index contributed by atoms with van der Waals surface area (Å²) in [5.74, 6) is -0.330. The number of amides is 1. The molecule has 0 fully saturated rings. The molecular weight excluding hydrogens is 317 g/mol. The topological polar surface area (TPSA) is 42.2 Å². The van der Waals surface area contributed by atoms with E-state index in [9.17, 15) is 9.18 Å². The second-order valence-electron chi connectivity index (χ2n) is 6.06. The van der Waals surface area contributed by atoms with Crippen molar-refractivity contribution in [3.05, 3.63) is 83.9 Å². The molecule has 0 aliphatic rings. The number of rotatable bonds is 3. The van der Waals surface area contributed by atoms with Crippen LogP contribution in [0.3, 0.4) is 0 Å². The van der Waals surface area contributed by atoms with Gasteiger partial charge in [-0.05, 0) is 47.5 Å². The fourth-order valence-corrected chi connectivity index (χ4v) is 3.01. The molecule has 0 aliphatic carbocycles. The van der Waals surface area contributed by atoms with Gasteiger partial charge in [-0.3, -0.25) is 4.79 Å².